The van der Waals surface area contributed by atoms with Crippen LogP contribution in [0.25, 0.3) is 10.8 Å². The third-order valence-corrected chi connectivity index (χ3v) is 3.51. The average Bonchev–Trinajstić information content (AvgIpc) is 2.64. The van der Waals surface area contributed by atoms with Crippen molar-refractivity contribution in [2.45, 2.75) is 0 Å². The summed E-state index contributed by atoms with van der Waals surface area (Å²) < 4.78 is 5.43. The van der Waals surface area contributed by atoms with E-state index in [0.717, 1.165) is 10.8 Å². The highest BCUT2D eigenvalue weighted by Crippen LogP contribution is 2.20. The minimum atomic E-state index is -0.532. The third-order valence-electron chi connectivity index (χ3n) is 3.51. The second-order valence-electron chi connectivity index (χ2n) is 5.35. The molecule has 0 atom stereocenters. The summed E-state index contributed by atoms with van der Waals surface area (Å²) in [5.74, 6) is -0.497. The molecule has 0 bridgehead atoms. The smallest absolute Gasteiger partial charge is 0.276 e. The van der Waals surface area contributed by atoms with Crippen molar-refractivity contribution in [1.82, 2.24) is 10.9 Å². The molecule has 25 heavy (non-hydrogen) atoms. The molecular formula is C19H16N2O4. The molecule has 3 aromatic carbocycles. The number of carbonyl (C=O) groups excluding carboxylic acids is 2. The number of fused-ring (bicyclic) bond motifs is 1. The van der Waals surface area contributed by atoms with E-state index in [4.69, 9.17) is 4.74 Å². The lowest BCUT2D eigenvalue weighted by molar-refractivity contribution is -0.123. The van der Waals surface area contributed by atoms with Gasteiger partial charge in [-0.05, 0) is 41.1 Å². The van der Waals surface area contributed by atoms with Gasteiger partial charge in [0.25, 0.3) is 11.8 Å². The van der Waals surface area contributed by atoms with E-state index in [1.807, 2.05) is 36.4 Å². The summed E-state index contributed by atoms with van der Waals surface area (Å²) in [5, 5.41) is 11.4. The highest BCUT2D eigenvalue weighted by molar-refractivity contribution is 5.95. The number of hydrazine groups is 1. The van der Waals surface area contributed by atoms with Crippen LogP contribution in [-0.2, 0) is 4.79 Å². The summed E-state index contributed by atoms with van der Waals surface area (Å²) in [6, 6.07) is 19.2. The van der Waals surface area contributed by atoms with Crippen LogP contribution in [0.2, 0.25) is 0 Å². The average molecular weight is 336 g/mol. The number of ether oxygens (including phenoxy) is 1. The molecule has 0 heterocycles. The number of phenols is 1. The van der Waals surface area contributed by atoms with Crippen LogP contribution < -0.4 is 15.6 Å². The number of aromatic hydroxyl groups is 1. The highest BCUT2D eigenvalue weighted by Gasteiger charge is 2.08. The zero-order chi connectivity index (χ0) is 17.6. The lowest BCUT2D eigenvalue weighted by Gasteiger charge is -2.09. The van der Waals surface area contributed by atoms with E-state index in [1.165, 1.54) is 24.3 Å². The molecule has 0 spiro atoms. The first-order valence-corrected chi connectivity index (χ1v) is 7.61. The van der Waals surface area contributed by atoms with Crippen molar-refractivity contribution in [3.05, 3.63) is 72.3 Å². The standard InChI is InChI=1S/C19H16N2O4/c22-16-7-3-6-15(10-16)19(24)21-20-18(23)12-25-17-9-8-13-4-1-2-5-14(13)11-17/h1-11,22H,12H2,(H,20,23)(H,21,24). The van der Waals surface area contributed by atoms with Gasteiger partial charge in [0, 0.05) is 5.56 Å². The Kier molecular flexibility index (Phi) is 4.80. The first kappa shape index (κ1) is 16.3. The molecule has 0 saturated heterocycles. The number of hydrogen-bond acceptors (Lipinski definition) is 4. The van der Waals surface area contributed by atoms with Crippen molar-refractivity contribution < 1.29 is 19.4 Å². The number of rotatable bonds is 4. The number of nitrogens with one attached hydrogen (secondary N) is 2. The molecule has 0 radical (unpaired) electrons. The van der Waals surface area contributed by atoms with E-state index >= 15 is 0 Å². The quantitative estimate of drug-likeness (QED) is 0.638. The summed E-state index contributed by atoms with van der Waals surface area (Å²) >= 11 is 0. The lowest BCUT2D eigenvalue weighted by Crippen LogP contribution is -2.43. The fourth-order valence-electron chi connectivity index (χ4n) is 2.29. The fraction of sp³-hybridized carbons (Fsp3) is 0.0526. The molecule has 0 fully saturated rings. The maximum Gasteiger partial charge on any atom is 0.276 e. The maximum atomic E-state index is 11.8. The van der Waals surface area contributed by atoms with Crippen LogP contribution in [0.5, 0.6) is 11.5 Å². The monoisotopic (exact) mass is 336 g/mol. The van der Waals surface area contributed by atoms with Gasteiger partial charge in [0.15, 0.2) is 6.61 Å². The SMILES string of the molecule is O=C(COc1ccc2ccccc2c1)NNC(=O)c1cccc(O)c1. The predicted octanol–water partition coefficient (Wildman–Crippen LogP) is 2.39. The summed E-state index contributed by atoms with van der Waals surface area (Å²) in [4.78, 5) is 23.6. The first-order chi connectivity index (χ1) is 12.1. The molecule has 126 valence electrons. The minimum Gasteiger partial charge on any atom is -0.508 e. The van der Waals surface area contributed by atoms with Gasteiger partial charge in [-0.25, -0.2) is 0 Å². The van der Waals surface area contributed by atoms with E-state index in [9.17, 15) is 14.7 Å². The minimum absolute atomic E-state index is 0.0291. The first-order valence-electron chi connectivity index (χ1n) is 7.61. The van der Waals surface area contributed by atoms with Crippen LogP contribution in [0.1, 0.15) is 10.4 Å². The van der Waals surface area contributed by atoms with Crippen LogP contribution in [0, 0.1) is 0 Å². The van der Waals surface area contributed by atoms with Gasteiger partial charge in [-0.15, -0.1) is 0 Å². The van der Waals surface area contributed by atoms with Crippen molar-refractivity contribution in [1.29, 1.82) is 0 Å². The molecule has 0 aliphatic heterocycles. The Morgan fingerprint density at radius 2 is 1.68 bits per heavy atom. The van der Waals surface area contributed by atoms with Crippen molar-refractivity contribution in [2.75, 3.05) is 6.61 Å². The van der Waals surface area contributed by atoms with E-state index in [1.54, 1.807) is 6.07 Å². The van der Waals surface area contributed by atoms with Gasteiger partial charge < -0.3 is 9.84 Å². The molecule has 0 unspecified atom stereocenters. The second-order valence-corrected chi connectivity index (χ2v) is 5.35. The largest absolute Gasteiger partial charge is 0.508 e. The third kappa shape index (κ3) is 4.26. The van der Waals surface area contributed by atoms with Crippen molar-refractivity contribution >= 4 is 22.6 Å². The van der Waals surface area contributed by atoms with Gasteiger partial charge >= 0.3 is 0 Å². The van der Waals surface area contributed by atoms with Crippen LogP contribution in [-0.4, -0.2) is 23.5 Å². The second kappa shape index (κ2) is 7.35. The Labute approximate surface area is 144 Å². The number of amides is 2. The number of phenolic OH excluding ortho intramolecular Hbond substituents is 1. The van der Waals surface area contributed by atoms with E-state index in [-0.39, 0.29) is 17.9 Å². The molecule has 2 amide bonds. The predicted molar refractivity (Wildman–Crippen MR) is 93.2 cm³/mol. The topological polar surface area (TPSA) is 87.7 Å². The molecular weight excluding hydrogens is 320 g/mol. The summed E-state index contributed by atoms with van der Waals surface area (Å²) in [6.45, 7) is -0.237. The van der Waals surface area contributed by atoms with Gasteiger partial charge in [0.1, 0.15) is 11.5 Å². The summed E-state index contributed by atoms with van der Waals surface area (Å²) in [5.41, 5.74) is 4.76. The lowest BCUT2D eigenvalue weighted by atomic mass is 10.1. The van der Waals surface area contributed by atoms with E-state index in [2.05, 4.69) is 10.9 Å². The Balaban J connectivity index is 1.51. The Morgan fingerprint density at radius 1 is 0.880 bits per heavy atom. The van der Waals surface area contributed by atoms with Gasteiger partial charge in [-0.3, -0.25) is 20.4 Å². The van der Waals surface area contributed by atoms with Crippen molar-refractivity contribution in [3.63, 3.8) is 0 Å². The normalized spacial score (nSPS) is 10.2. The Morgan fingerprint density at radius 3 is 2.48 bits per heavy atom. The molecule has 0 saturated carbocycles. The summed E-state index contributed by atoms with van der Waals surface area (Å²) in [7, 11) is 0. The number of benzene rings is 3. The van der Waals surface area contributed by atoms with Gasteiger partial charge in [-0.1, -0.05) is 36.4 Å². The van der Waals surface area contributed by atoms with Crippen LogP contribution in [0.15, 0.2) is 66.7 Å². The van der Waals surface area contributed by atoms with Crippen molar-refractivity contribution in [2.24, 2.45) is 0 Å². The molecule has 6 nitrogen and oxygen atoms in total. The molecule has 3 N–H and O–H groups in total. The molecule has 0 aromatic heterocycles. The van der Waals surface area contributed by atoms with Crippen LogP contribution >= 0.6 is 0 Å². The number of hydrogen-bond donors (Lipinski definition) is 3. The molecule has 0 aliphatic carbocycles. The fourth-order valence-corrected chi connectivity index (χ4v) is 2.29. The zero-order valence-electron chi connectivity index (χ0n) is 13.2. The van der Waals surface area contributed by atoms with Gasteiger partial charge in [0.2, 0.25) is 0 Å². The molecule has 6 heteroatoms. The Bertz CT molecular complexity index is 924. The highest BCUT2D eigenvalue weighted by atomic mass is 16.5. The van der Waals surface area contributed by atoms with Crippen molar-refractivity contribution in [3.8, 4) is 11.5 Å². The van der Waals surface area contributed by atoms with E-state index in [0.29, 0.717) is 5.75 Å². The number of carbonyl (C=O) groups is 2. The van der Waals surface area contributed by atoms with Crippen LogP contribution in [0.4, 0.5) is 0 Å². The summed E-state index contributed by atoms with van der Waals surface area (Å²) in [6.07, 6.45) is 0. The van der Waals surface area contributed by atoms with Gasteiger partial charge in [-0.2, -0.15) is 0 Å². The van der Waals surface area contributed by atoms with Crippen LogP contribution in [0.3, 0.4) is 0 Å². The zero-order valence-corrected chi connectivity index (χ0v) is 13.2. The van der Waals surface area contributed by atoms with Gasteiger partial charge in [0.05, 0.1) is 0 Å². The molecule has 3 aromatic rings. The maximum absolute atomic E-state index is 11.8. The van der Waals surface area contributed by atoms with E-state index < -0.39 is 11.8 Å². The molecule has 0 aliphatic rings. The Hall–Kier alpha value is -3.54. The molecule has 3 rings (SSSR count).